The van der Waals surface area contributed by atoms with Crippen LogP contribution in [0, 0.1) is 11.8 Å². The number of piperazine rings is 1. The fourth-order valence-corrected chi connectivity index (χ4v) is 3.75. The number of nitrogens with zero attached hydrogens (tertiary/aromatic N) is 2. The zero-order valence-electron chi connectivity index (χ0n) is 16.0. The Morgan fingerprint density at radius 2 is 1.84 bits per heavy atom. The highest BCUT2D eigenvalue weighted by Crippen LogP contribution is 2.21. The second-order valence-electron chi connectivity index (χ2n) is 8.07. The van der Waals surface area contributed by atoms with Crippen molar-refractivity contribution < 1.29 is 4.74 Å². The van der Waals surface area contributed by atoms with Crippen molar-refractivity contribution in [2.24, 2.45) is 11.8 Å². The zero-order chi connectivity index (χ0) is 17.5. The van der Waals surface area contributed by atoms with Crippen LogP contribution >= 0.6 is 0 Å². The molecule has 2 heterocycles. The summed E-state index contributed by atoms with van der Waals surface area (Å²) in [5.41, 5.74) is 2.79. The van der Waals surface area contributed by atoms with E-state index in [-0.39, 0.29) is 0 Å². The number of anilines is 1. The topological polar surface area (TPSA) is 27.7 Å². The summed E-state index contributed by atoms with van der Waals surface area (Å²) in [5, 5.41) is 3.41. The van der Waals surface area contributed by atoms with Crippen molar-refractivity contribution in [2.45, 2.75) is 33.2 Å². The molecule has 0 amide bonds. The fourth-order valence-electron chi connectivity index (χ4n) is 3.75. The Labute approximate surface area is 153 Å². The van der Waals surface area contributed by atoms with Crippen LogP contribution in [0.3, 0.4) is 0 Å². The van der Waals surface area contributed by atoms with E-state index in [1.54, 1.807) is 0 Å². The number of ether oxygens (including phenoxy) is 1. The molecule has 0 spiro atoms. The molecule has 1 N–H and O–H groups in total. The second-order valence-corrected chi connectivity index (χ2v) is 8.07. The normalized spacial score (nSPS) is 19.4. The number of benzene rings is 1. The maximum atomic E-state index is 5.83. The van der Waals surface area contributed by atoms with E-state index in [1.807, 2.05) is 0 Å². The molecule has 0 aliphatic carbocycles. The quantitative estimate of drug-likeness (QED) is 0.697. The predicted molar refractivity (Wildman–Crippen MR) is 105 cm³/mol. The van der Waals surface area contributed by atoms with Crippen LogP contribution < -0.4 is 10.2 Å². The first-order chi connectivity index (χ1) is 12.2. The lowest BCUT2D eigenvalue weighted by molar-refractivity contribution is 0.00912. The van der Waals surface area contributed by atoms with Crippen molar-refractivity contribution in [2.75, 3.05) is 57.4 Å². The molecule has 2 aliphatic rings. The van der Waals surface area contributed by atoms with Crippen LogP contribution in [-0.2, 0) is 11.3 Å². The van der Waals surface area contributed by atoms with E-state index < -0.39 is 0 Å². The van der Waals surface area contributed by atoms with E-state index >= 15 is 0 Å². The summed E-state index contributed by atoms with van der Waals surface area (Å²) in [6.45, 7) is 14.3. The Balaban J connectivity index is 1.30. The molecule has 0 saturated carbocycles. The largest absolute Gasteiger partial charge is 0.381 e. The van der Waals surface area contributed by atoms with Gasteiger partial charge in [-0.15, -0.1) is 0 Å². The van der Waals surface area contributed by atoms with Crippen LogP contribution in [0.15, 0.2) is 24.3 Å². The van der Waals surface area contributed by atoms with Crippen molar-refractivity contribution >= 4 is 5.69 Å². The third kappa shape index (κ3) is 5.98. The Morgan fingerprint density at radius 3 is 2.52 bits per heavy atom. The zero-order valence-corrected chi connectivity index (χ0v) is 16.0. The van der Waals surface area contributed by atoms with Gasteiger partial charge in [0.2, 0.25) is 0 Å². The van der Waals surface area contributed by atoms with E-state index in [0.29, 0.717) is 0 Å². The third-order valence-electron chi connectivity index (χ3n) is 5.28. The summed E-state index contributed by atoms with van der Waals surface area (Å²) in [7, 11) is 0. The van der Waals surface area contributed by atoms with Crippen LogP contribution in [0.4, 0.5) is 5.69 Å². The predicted octanol–water partition coefficient (Wildman–Crippen LogP) is 2.98. The molecule has 4 heteroatoms. The molecular weight excluding hydrogens is 310 g/mol. The smallest absolute Gasteiger partial charge is 0.0518 e. The van der Waals surface area contributed by atoms with E-state index in [1.165, 1.54) is 37.2 Å². The minimum absolute atomic E-state index is 0.735. The van der Waals surface area contributed by atoms with Gasteiger partial charge >= 0.3 is 0 Å². The second kappa shape index (κ2) is 9.56. The van der Waals surface area contributed by atoms with Gasteiger partial charge in [-0.05, 0) is 36.5 Å². The molecule has 4 nitrogen and oxygen atoms in total. The first-order valence-corrected chi connectivity index (χ1v) is 10.1. The molecule has 25 heavy (non-hydrogen) atoms. The number of rotatable bonds is 9. The number of likely N-dealkylation sites (tertiary alicyclic amines) is 1. The first-order valence-electron chi connectivity index (χ1n) is 10.1. The summed E-state index contributed by atoms with van der Waals surface area (Å²) in [6, 6.07) is 9.17. The van der Waals surface area contributed by atoms with Gasteiger partial charge in [0.15, 0.2) is 0 Å². The summed E-state index contributed by atoms with van der Waals surface area (Å²) in [6.07, 6.45) is 2.48. The average Bonchev–Trinajstić information content (AvgIpc) is 2.60. The van der Waals surface area contributed by atoms with Crippen molar-refractivity contribution in [3.8, 4) is 0 Å². The molecule has 0 atom stereocenters. The van der Waals surface area contributed by atoms with Crippen LogP contribution in [-0.4, -0.2) is 57.4 Å². The van der Waals surface area contributed by atoms with Crippen LogP contribution in [0.1, 0.15) is 32.3 Å². The Hall–Kier alpha value is -1.10. The molecule has 0 unspecified atom stereocenters. The highest BCUT2D eigenvalue weighted by Gasteiger charge is 2.26. The van der Waals surface area contributed by atoms with Gasteiger partial charge in [0.25, 0.3) is 0 Å². The highest BCUT2D eigenvalue weighted by atomic mass is 16.5. The molecule has 1 aromatic carbocycles. The summed E-state index contributed by atoms with van der Waals surface area (Å²) in [5.74, 6) is 1.53. The molecule has 2 aliphatic heterocycles. The molecular formula is C21H35N3O. The number of hydrogen-bond donors (Lipinski definition) is 1. The Bertz CT molecular complexity index is 490. The maximum absolute atomic E-state index is 5.83. The standard InChI is InChI=1S/C21H35N3O/c1-18(2)4-3-13-25-17-20-15-23(16-20)14-19-5-7-21(8-6-19)24-11-9-22-10-12-24/h5-8,18,20,22H,3-4,9-17H2,1-2H3. The minimum Gasteiger partial charge on any atom is -0.381 e. The van der Waals surface area contributed by atoms with Gasteiger partial charge in [-0.2, -0.15) is 0 Å². The molecule has 0 bridgehead atoms. The van der Waals surface area contributed by atoms with Crippen molar-refractivity contribution in [1.82, 2.24) is 10.2 Å². The Morgan fingerprint density at radius 1 is 1.12 bits per heavy atom. The molecule has 0 radical (unpaired) electrons. The molecule has 2 saturated heterocycles. The van der Waals surface area contributed by atoms with E-state index in [9.17, 15) is 0 Å². The first kappa shape index (κ1) is 18.7. The average molecular weight is 346 g/mol. The van der Waals surface area contributed by atoms with Gasteiger partial charge in [-0.3, -0.25) is 4.90 Å². The highest BCUT2D eigenvalue weighted by molar-refractivity contribution is 5.48. The van der Waals surface area contributed by atoms with Crippen molar-refractivity contribution in [1.29, 1.82) is 0 Å². The fraction of sp³-hybridized carbons (Fsp3) is 0.714. The van der Waals surface area contributed by atoms with Gasteiger partial charge < -0.3 is 15.0 Å². The van der Waals surface area contributed by atoms with Crippen molar-refractivity contribution in [3.63, 3.8) is 0 Å². The number of hydrogen-bond acceptors (Lipinski definition) is 4. The van der Waals surface area contributed by atoms with E-state index in [4.69, 9.17) is 4.74 Å². The molecule has 3 rings (SSSR count). The van der Waals surface area contributed by atoms with Gasteiger partial charge in [0.05, 0.1) is 6.61 Å². The van der Waals surface area contributed by atoms with Gasteiger partial charge in [0.1, 0.15) is 0 Å². The van der Waals surface area contributed by atoms with E-state index in [0.717, 1.165) is 57.8 Å². The summed E-state index contributed by atoms with van der Waals surface area (Å²) < 4.78 is 5.83. The molecule has 1 aromatic rings. The van der Waals surface area contributed by atoms with Crippen LogP contribution in [0.5, 0.6) is 0 Å². The lowest BCUT2D eigenvalue weighted by Gasteiger charge is -2.39. The maximum Gasteiger partial charge on any atom is 0.0518 e. The molecule has 140 valence electrons. The SMILES string of the molecule is CC(C)CCCOCC1CN(Cc2ccc(N3CCNCC3)cc2)C1. The van der Waals surface area contributed by atoms with Crippen molar-refractivity contribution in [3.05, 3.63) is 29.8 Å². The molecule has 0 aromatic heterocycles. The van der Waals surface area contributed by atoms with Gasteiger partial charge in [-0.1, -0.05) is 26.0 Å². The van der Waals surface area contributed by atoms with E-state index in [2.05, 4.69) is 53.2 Å². The summed E-state index contributed by atoms with van der Waals surface area (Å²) in [4.78, 5) is 5.00. The lowest BCUT2D eigenvalue weighted by Crippen LogP contribution is -2.48. The number of nitrogens with one attached hydrogen (secondary N) is 1. The van der Waals surface area contributed by atoms with Gasteiger partial charge in [-0.25, -0.2) is 0 Å². The third-order valence-corrected chi connectivity index (χ3v) is 5.28. The van der Waals surface area contributed by atoms with Crippen LogP contribution in [0.2, 0.25) is 0 Å². The lowest BCUT2D eigenvalue weighted by atomic mass is 10.00. The van der Waals surface area contributed by atoms with Crippen LogP contribution in [0.25, 0.3) is 0 Å². The van der Waals surface area contributed by atoms with Gasteiger partial charge in [0, 0.05) is 64.0 Å². The monoisotopic (exact) mass is 345 g/mol. The summed E-state index contributed by atoms with van der Waals surface area (Å²) >= 11 is 0. The minimum atomic E-state index is 0.735. The molecule has 2 fully saturated rings. The Kier molecular flexibility index (Phi) is 7.14.